The summed E-state index contributed by atoms with van der Waals surface area (Å²) < 4.78 is 48.9. The van der Waals surface area contributed by atoms with Gasteiger partial charge in [0.05, 0.1) is 25.0 Å². The number of hydrogen-bond donors (Lipinski definition) is 1. The smallest absolute Gasteiger partial charge is 0.486 e. The van der Waals surface area contributed by atoms with Gasteiger partial charge in [-0.15, -0.1) is 0 Å². The fourth-order valence-corrected chi connectivity index (χ4v) is 3.11. The standard InChI is InChI=1S/C15H22N2O3.C2HF3O2/c1-18-8-7-17-6-4-15(12-17)9-14(11-19-15)20-13-3-2-5-16-10-13;3-2(4,5)1(6)7/h2-3,5,10,14H,4,6-9,11-12H2,1H3;(H,6,7). The number of rotatable bonds is 5. The average molecular weight is 392 g/mol. The summed E-state index contributed by atoms with van der Waals surface area (Å²) in [6, 6.07) is 3.83. The van der Waals surface area contributed by atoms with Crippen molar-refractivity contribution in [3.63, 3.8) is 0 Å². The SMILES string of the molecule is COCCN1CCC2(CC(Oc3cccnc3)CO2)C1.O=C(O)C(F)(F)F. The van der Waals surface area contributed by atoms with Crippen molar-refractivity contribution in [2.24, 2.45) is 0 Å². The van der Waals surface area contributed by atoms with E-state index in [-0.39, 0.29) is 11.7 Å². The molecule has 3 rings (SSSR count). The summed E-state index contributed by atoms with van der Waals surface area (Å²) in [5.74, 6) is -1.93. The highest BCUT2D eigenvalue weighted by atomic mass is 19.4. The van der Waals surface area contributed by atoms with Crippen molar-refractivity contribution >= 4 is 5.97 Å². The van der Waals surface area contributed by atoms with E-state index in [4.69, 9.17) is 24.1 Å². The van der Waals surface area contributed by atoms with Crippen LogP contribution >= 0.6 is 0 Å². The molecular formula is C17H23F3N2O5. The molecule has 0 aliphatic carbocycles. The topological polar surface area (TPSA) is 81.1 Å². The van der Waals surface area contributed by atoms with Gasteiger partial charge < -0.3 is 19.3 Å². The van der Waals surface area contributed by atoms with Crippen LogP contribution in [-0.4, -0.2) is 78.8 Å². The Morgan fingerprint density at radius 1 is 1.52 bits per heavy atom. The first kappa shape index (κ1) is 21.4. The molecule has 0 saturated carbocycles. The fraction of sp³-hybridized carbons (Fsp3) is 0.647. The van der Waals surface area contributed by atoms with Gasteiger partial charge in [-0.3, -0.25) is 9.88 Å². The van der Waals surface area contributed by atoms with Crippen molar-refractivity contribution < 1.29 is 37.3 Å². The molecular weight excluding hydrogens is 369 g/mol. The third-order valence-corrected chi connectivity index (χ3v) is 4.36. The van der Waals surface area contributed by atoms with Gasteiger partial charge in [0.15, 0.2) is 0 Å². The van der Waals surface area contributed by atoms with Crippen LogP contribution in [0.4, 0.5) is 13.2 Å². The van der Waals surface area contributed by atoms with Crippen molar-refractivity contribution in [3.8, 4) is 5.75 Å². The number of alkyl halides is 3. The Hall–Kier alpha value is -1.91. The van der Waals surface area contributed by atoms with Crippen LogP contribution in [0.15, 0.2) is 24.5 Å². The third-order valence-electron chi connectivity index (χ3n) is 4.36. The summed E-state index contributed by atoms with van der Waals surface area (Å²) >= 11 is 0. The minimum atomic E-state index is -5.08. The number of ether oxygens (including phenoxy) is 3. The molecule has 7 nitrogen and oxygen atoms in total. The fourth-order valence-electron chi connectivity index (χ4n) is 3.11. The number of nitrogens with zero attached hydrogens (tertiary/aromatic N) is 2. The lowest BCUT2D eigenvalue weighted by molar-refractivity contribution is -0.192. The summed E-state index contributed by atoms with van der Waals surface area (Å²) in [5.41, 5.74) is -0.0133. The maximum atomic E-state index is 10.6. The van der Waals surface area contributed by atoms with E-state index in [1.165, 1.54) is 0 Å². The lowest BCUT2D eigenvalue weighted by Gasteiger charge is -2.23. The first-order chi connectivity index (χ1) is 12.7. The molecule has 152 valence electrons. The molecule has 2 saturated heterocycles. The number of methoxy groups -OCH3 is 1. The van der Waals surface area contributed by atoms with Crippen LogP contribution in [0.25, 0.3) is 0 Å². The van der Waals surface area contributed by atoms with E-state index >= 15 is 0 Å². The van der Waals surface area contributed by atoms with Crippen LogP contribution in [0.3, 0.4) is 0 Å². The quantitative estimate of drug-likeness (QED) is 0.821. The van der Waals surface area contributed by atoms with Crippen molar-refractivity contribution in [2.45, 2.75) is 30.7 Å². The van der Waals surface area contributed by atoms with Gasteiger partial charge in [-0.05, 0) is 18.6 Å². The van der Waals surface area contributed by atoms with Gasteiger partial charge in [0.25, 0.3) is 0 Å². The van der Waals surface area contributed by atoms with Gasteiger partial charge in [-0.1, -0.05) is 0 Å². The molecule has 1 N–H and O–H groups in total. The molecule has 10 heteroatoms. The molecule has 1 aromatic rings. The van der Waals surface area contributed by atoms with E-state index in [2.05, 4.69) is 9.88 Å². The zero-order valence-electron chi connectivity index (χ0n) is 14.9. The highest BCUT2D eigenvalue weighted by molar-refractivity contribution is 5.73. The summed E-state index contributed by atoms with van der Waals surface area (Å²) in [6.07, 6.45) is 0.616. The van der Waals surface area contributed by atoms with Crippen LogP contribution in [0, 0.1) is 0 Å². The summed E-state index contributed by atoms with van der Waals surface area (Å²) in [4.78, 5) is 15.4. The number of hydrogen-bond acceptors (Lipinski definition) is 6. The summed E-state index contributed by atoms with van der Waals surface area (Å²) in [6.45, 7) is 4.51. The number of aromatic nitrogens is 1. The lowest BCUT2D eigenvalue weighted by Crippen LogP contribution is -2.34. The molecule has 1 aromatic heterocycles. The van der Waals surface area contributed by atoms with E-state index in [0.717, 1.165) is 44.8 Å². The van der Waals surface area contributed by atoms with Crippen LogP contribution in [0.5, 0.6) is 5.75 Å². The highest BCUT2D eigenvalue weighted by Gasteiger charge is 2.46. The summed E-state index contributed by atoms with van der Waals surface area (Å²) in [7, 11) is 1.75. The largest absolute Gasteiger partial charge is 0.490 e. The minimum Gasteiger partial charge on any atom is -0.486 e. The number of carboxylic acid groups (broad SMARTS) is 1. The second-order valence-corrected chi connectivity index (χ2v) is 6.45. The van der Waals surface area contributed by atoms with Gasteiger partial charge in [-0.2, -0.15) is 13.2 Å². The van der Waals surface area contributed by atoms with Crippen LogP contribution in [-0.2, 0) is 14.3 Å². The molecule has 27 heavy (non-hydrogen) atoms. The Kier molecular flexibility index (Phi) is 7.40. The van der Waals surface area contributed by atoms with Gasteiger partial charge in [0.1, 0.15) is 11.9 Å². The van der Waals surface area contributed by atoms with Crippen LogP contribution in [0.1, 0.15) is 12.8 Å². The molecule has 0 radical (unpaired) electrons. The zero-order valence-corrected chi connectivity index (χ0v) is 14.9. The highest BCUT2D eigenvalue weighted by Crippen LogP contribution is 2.36. The molecule has 0 aromatic carbocycles. The maximum absolute atomic E-state index is 10.6. The average Bonchev–Trinajstić information content (AvgIpc) is 3.20. The van der Waals surface area contributed by atoms with E-state index in [0.29, 0.717) is 6.61 Å². The Bertz CT molecular complexity index is 602. The molecule has 2 unspecified atom stereocenters. The predicted octanol–water partition coefficient (Wildman–Crippen LogP) is 1.97. The molecule has 2 aliphatic rings. The molecule has 2 fully saturated rings. The number of aliphatic carboxylic acids is 1. The molecule has 2 atom stereocenters. The second-order valence-electron chi connectivity index (χ2n) is 6.45. The van der Waals surface area contributed by atoms with E-state index in [1.807, 2.05) is 12.1 Å². The molecule has 2 aliphatic heterocycles. The number of carbonyl (C=O) groups is 1. The summed E-state index contributed by atoms with van der Waals surface area (Å²) in [5, 5.41) is 7.12. The van der Waals surface area contributed by atoms with Crippen molar-refractivity contribution in [1.29, 1.82) is 0 Å². The van der Waals surface area contributed by atoms with Gasteiger partial charge in [-0.25, -0.2) is 4.79 Å². The predicted molar refractivity (Wildman–Crippen MR) is 88.6 cm³/mol. The Balaban J connectivity index is 0.000000321. The van der Waals surface area contributed by atoms with Gasteiger partial charge in [0, 0.05) is 39.4 Å². The number of carboxylic acids is 1. The van der Waals surface area contributed by atoms with Crippen molar-refractivity contribution in [2.75, 3.05) is 40.0 Å². The maximum Gasteiger partial charge on any atom is 0.490 e. The lowest BCUT2D eigenvalue weighted by atomic mass is 9.98. The molecule has 1 spiro atoms. The molecule has 0 amide bonds. The second kappa shape index (κ2) is 9.34. The van der Waals surface area contributed by atoms with Crippen LogP contribution in [0.2, 0.25) is 0 Å². The van der Waals surface area contributed by atoms with Crippen LogP contribution < -0.4 is 4.74 Å². The Morgan fingerprint density at radius 3 is 2.85 bits per heavy atom. The monoisotopic (exact) mass is 392 g/mol. The van der Waals surface area contributed by atoms with E-state index in [9.17, 15) is 13.2 Å². The van der Waals surface area contributed by atoms with Gasteiger partial charge in [0.2, 0.25) is 0 Å². The number of halogens is 3. The Morgan fingerprint density at radius 2 is 2.26 bits per heavy atom. The molecule has 0 bridgehead atoms. The number of likely N-dealkylation sites (tertiary alicyclic amines) is 1. The third kappa shape index (κ3) is 6.64. The number of pyridine rings is 1. The Labute approximate surface area is 155 Å². The minimum absolute atomic E-state index is 0.0133. The molecule has 3 heterocycles. The first-order valence-electron chi connectivity index (χ1n) is 8.46. The van der Waals surface area contributed by atoms with Crippen molar-refractivity contribution in [3.05, 3.63) is 24.5 Å². The normalized spacial score (nSPS) is 25.3. The van der Waals surface area contributed by atoms with Gasteiger partial charge >= 0.3 is 12.1 Å². The van der Waals surface area contributed by atoms with Crippen molar-refractivity contribution in [1.82, 2.24) is 9.88 Å². The first-order valence-corrected chi connectivity index (χ1v) is 8.46. The van der Waals surface area contributed by atoms with E-state index < -0.39 is 12.1 Å². The van der Waals surface area contributed by atoms with E-state index in [1.54, 1.807) is 19.5 Å². The zero-order chi connectivity index (χ0) is 19.9.